The SMILES string of the molecule is Cc1nnc(SCC2=C(C(=O)O)N3C(=O)C(NC(=O)C(N)c4cccc(NC=O)c4)[C@@H]3SC2)s1. The molecule has 11 nitrogen and oxygen atoms in total. The van der Waals surface area contributed by atoms with Crippen molar-refractivity contribution >= 4 is 64.7 Å². The number of carbonyl (C=O) groups excluding carboxylic acids is 3. The number of nitrogens with one attached hydrogen (secondary N) is 2. The molecule has 1 aromatic heterocycles. The molecule has 2 unspecified atom stereocenters. The van der Waals surface area contributed by atoms with Crippen molar-refractivity contribution in [3.05, 3.63) is 46.1 Å². The molecule has 2 aliphatic rings. The summed E-state index contributed by atoms with van der Waals surface area (Å²) in [7, 11) is 0. The standard InChI is InChI=1S/C20H20N6O5S3/c1-9-24-25-20(34-9)33-7-11-6-32-18-14(17(29)26(18)15(11)19(30)31)23-16(28)13(21)10-3-2-4-12(5-10)22-8-27/h2-5,8,13-14,18H,6-7,21H2,1H3,(H,22,27)(H,23,28)(H,30,31)/t13?,14?,18-/m0/s1. The highest BCUT2D eigenvalue weighted by molar-refractivity contribution is 8.01. The van der Waals surface area contributed by atoms with E-state index in [9.17, 15) is 24.3 Å². The average Bonchev–Trinajstić information content (AvgIpc) is 3.25. The van der Waals surface area contributed by atoms with E-state index in [2.05, 4.69) is 20.8 Å². The molecule has 3 atom stereocenters. The van der Waals surface area contributed by atoms with Gasteiger partial charge in [-0.05, 0) is 30.2 Å². The molecule has 1 fully saturated rings. The molecule has 0 saturated carbocycles. The van der Waals surface area contributed by atoms with Crippen molar-refractivity contribution in [2.45, 2.75) is 28.7 Å². The van der Waals surface area contributed by atoms with Gasteiger partial charge in [0.15, 0.2) is 4.34 Å². The zero-order chi connectivity index (χ0) is 24.4. The van der Waals surface area contributed by atoms with Crippen molar-refractivity contribution in [2.75, 3.05) is 16.8 Å². The summed E-state index contributed by atoms with van der Waals surface area (Å²) in [5.41, 5.74) is 7.56. The third-order valence-corrected chi connectivity index (χ3v) is 8.58. The van der Waals surface area contributed by atoms with Crippen LogP contribution in [0.25, 0.3) is 0 Å². The monoisotopic (exact) mass is 520 g/mol. The highest BCUT2D eigenvalue weighted by Crippen LogP contribution is 2.42. The van der Waals surface area contributed by atoms with Gasteiger partial charge < -0.3 is 21.5 Å². The van der Waals surface area contributed by atoms with Gasteiger partial charge in [-0.2, -0.15) is 0 Å². The minimum absolute atomic E-state index is 0.0510. The van der Waals surface area contributed by atoms with Gasteiger partial charge in [-0.15, -0.1) is 22.0 Å². The van der Waals surface area contributed by atoms with Crippen molar-refractivity contribution < 1.29 is 24.3 Å². The molecule has 14 heteroatoms. The van der Waals surface area contributed by atoms with Crippen LogP contribution >= 0.6 is 34.9 Å². The first-order valence-electron chi connectivity index (χ1n) is 9.99. The molecule has 34 heavy (non-hydrogen) atoms. The third-order valence-electron chi connectivity index (χ3n) is 5.18. The highest BCUT2D eigenvalue weighted by Gasteiger charge is 2.54. The zero-order valence-corrected chi connectivity index (χ0v) is 20.2. The van der Waals surface area contributed by atoms with E-state index >= 15 is 0 Å². The molecule has 0 aliphatic carbocycles. The highest BCUT2D eigenvalue weighted by atomic mass is 32.2. The molecule has 3 amide bonds. The first-order chi connectivity index (χ1) is 16.3. The molecule has 2 aromatic rings. The number of aliphatic carboxylic acids is 1. The molecule has 3 heterocycles. The number of fused-ring (bicyclic) bond motifs is 1. The van der Waals surface area contributed by atoms with Crippen molar-refractivity contribution in [1.29, 1.82) is 0 Å². The number of rotatable bonds is 9. The van der Waals surface area contributed by atoms with E-state index in [0.717, 1.165) is 9.35 Å². The molecule has 0 spiro atoms. The Labute approximate surface area is 206 Å². The number of nitrogens with two attached hydrogens (primary N) is 1. The quantitative estimate of drug-likeness (QED) is 0.212. The Bertz CT molecular complexity index is 1180. The molecule has 5 N–H and O–H groups in total. The van der Waals surface area contributed by atoms with Crippen LogP contribution in [0.1, 0.15) is 16.6 Å². The van der Waals surface area contributed by atoms with Gasteiger partial charge in [0.2, 0.25) is 12.3 Å². The predicted octanol–water partition coefficient (Wildman–Crippen LogP) is 0.946. The molecule has 1 saturated heterocycles. The number of amides is 3. The van der Waals surface area contributed by atoms with Crippen LogP contribution in [0.5, 0.6) is 0 Å². The number of benzene rings is 1. The Balaban J connectivity index is 1.44. The van der Waals surface area contributed by atoms with E-state index in [0.29, 0.717) is 34.7 Å². The molecule has 0 radical (unpaired) electrons. The van der Waals surface area contributed by atoms with Crippen LogP contribution in [0.2, 0.25) is 0 Å². The fraction of sp³-hybridized carbons (Fsp3) is 0.300. The minimum atomic E-state index is -1.19. The Kier molecular flexibility index (Phi) is 7.21. The number of aromatic nitrogens is 2. The summed E-state index contributed by atoms with van der Waals surface area (Å²) >= 11 is 4.18. The van der Waals surface area contributed by atoms with Gasteiger partial charge in [0.25, 0.3) is 5.91 Å². The van der Waals surface area contributed by atoms with Crippen LogP contribution in [0.15, 0.2) is 39.9 Å². The molecule has 178 valence electrons. The van der Waals surface area contributed by atoms with Gasteiger partial charge in [-0.3, -0.25) is 19.3 Å². The number of aryl methyl sites for hydroxylation is 1. The Hall–Kier alpha value is -2.94. The first kappa shape index (κ1) is 24.2. The summed E-state index contributed by atoms with van der Waals surface area (Å²) in [4.78, 5) is 49.4. The molecule has 2 aliphatic heterocycles. The van der Waals surface area contributed by atoms with Gasteiger partial charge >= 0.3 is 5.97 Å². The second-order valence-electron chi connectivity index (χ2n) is 7.39. The lowest BCUT2D eigenvalue weighted by Gasteiger charge is -2.49. The van der Waals surface area contributed by atoms with Gasteiger partial charge in [0.05, 0.1) is 0 Å². The largest absolute Gasteiger partial charge is 0.477 e. The number of carboxylic acids is 1. The van der Waals surface area contributed by atoms with Crippen LogP contribution in [0.3, 0.4) is 0 Å². The normalized spacial score (nSPS) is 20.3. The van der Waals surface area contributed by atoms with E-state index in [1.807, 2.05) is 6.92 Å². The maximum atomic E-state index is 12.9. The number of hydrogen-bond donors (Lipinski definition) is 4. The maximum Gasteiger partial charge on any atom is 0.352 e. The van der Waals surface area contributed by atoms with E-state index in [-0.39, 0.29) is 5.70 Å². The second-order valence-corrected chi connectivity index (χ2v) is 10.9. The van der Waals surface area contributed by atoms with Gasteiger partial charge in [0.1, 0.15) is 28.2 Å². The zero-order valence-electron chi connectivity index (χ0n) is 17.8. The van der Waals surface area contributed by atoms with E-state index < -0.39 is 35.2 Å². The first-order valence-corrected chi connectivity index (χ1v) is 12.8. The van der Waals surface area contributed by atoms with E-state index in [1.54, 1.807) is 24.3 Å². The summed E-state index contributed by atoms with van der Waals surface area (Å²) in [5, 5.41) is 23.2. The lowest BCUT2D eigenvalue weighted by Crippen LogP contribution is -2.71. The predicted molar refractivity (Wildman–Crippen MR) is 128 cm³/mol. The minimum Gasteiger partial charge on any atom is -0.477 e. The second kappa shape index (κ2) is 10.1. The molecular formula is C20H20N6O5S3. The van der Waals surface area contributed by atoms with Crippen molar-refractivity contribution in [1.82, 2.24) is 20.4 Å². The average molecular weight is 521 g/mol. The number of hydrogen-bond acceptors (Lipinski definition) is 10. The molecule has 0 bridgehead atoms. The number of thioether (sulfide) groups is 2. The van der Waals surface area contributed by atoms with Gasteiger partial charge in [-0.25, -0.2) is 4.79 Å². The van der Waals surface area contributed by atoms with E-state index in [1.165, 1.54) is 39.8 Å². The Morgan fingerprint density at radius 1 is 1.41 bits per heavy atom. The summed E-state index contributed by atoms with van der Waals surface area (Å²) in [5.74, 6) is -1.49. The fourth-order valence-electron chi connectivity index (χ4n) is 3.56. The van der Waals surface area contributed by atoms with Crippen molar-refractivity contribution in [3.63, 3.8) is 0 Å². The number of anilines is 1. The van der Waals surface area contributed by atoms with Crippen LogP contribution in [-0.2, 0) is 19.2 Å². The number of β-lactam (4-membered cyclic amide) rings is 1. The summed E-state index contributed by atoms with van der Waals surface area (Å²) in [6, 6.07) is 4.55. The lowest BCUT2D eigenvalue weighted by molar-refractivity contribution is -0.150. The Morgan fingerprint density at radius 2 is 2.21 bits per heavy atom. The lowest BCUT2D eigenvalue weighted by atomic mass is 10.0. The van der Waals surface area contributed by atoms with Crippen LogP contribution < -0.4 is 16.4 Å². The topological polar surface area (TPSA) is 168 Å². The third kappa shape index (κ3) is 4.80. The molecule has 4 rings (SSSR count). The van der Waals surface area contributed by atoms with Crippen molar-refractivity contribution in [2.24, 2.45) is 5.73 Å². The van der Waals surface area contributed by atoms with Gasteiger partial charge in [0, 0.05) is 17.2 Å². The van der Waals surface area contributed by atoms with E-state index in [4.69, 9.17) is 5.73 Å². The molecular weight excluding hydrogens is 500 g/mol. The van der Waals surface area contributed by atoms with Crippen molar-refractivity contribution in [3.8, 4) is 0 Å². The number of nitrogens with zero attached hydrogens (tertiary/aromatic N) is 3. The van der Waals surface area contributed by atoms with Crippen LogP contribution in [-0.4, -0.2) is 67.3 Å². The summed E-state index contributed by atoms with van der Waals surface area (Å²) in [6.45, 7) is 1.84. The Morgan fingerprint density at radius 3 is 2.88 bits per heavy atom. The molecule has 1 aromatic carbocycles. The van der Waals surface area contributed by atoms with Crippen LogP contribution in [0, 0.1) is 6.92 Å². The van der Waals surface area contributed by atoms with Gasteiger partial charge in [-0.1, -0.05) is 35.2 Å². The number of carboxylic acid groups (broad SMARTS) is 1. The fourth-order valence-corrected chi connectivity index (χ4v) is 6.86. The smallest absolute Gasteiger partial charge is 0.352 e. The van der Waals surface area contributed by atoms with Crippen LogP contribution in [0.4, 0.5) is 5.69 Å². The maximum absolute atomic E-state index is 12.9. The summed E-state index contributed by atoms with van der Waals surface area (Å²) in [6.07, 6.45) is 0.516. The number of carbonyl (C=O) groups is 4. The summed E-state index contributed by atoms with van der Waals surface area (Å²) < 4.78 is 0.725.